The van der Waals surface area contributed by atoms with Gasteiger partial charge in [-0.25, -0.2) is 4.98 Å². The first kappa shape index (κ1) is 16.6. The number of nitrogens with one attached hydrogen (secondary N) is 2. The Hall–Kier alpha value is -1.88. The maximum atomic E-state index is 12.8. The molecule has 1 aromatic carbocycles. The number of anilines is 1. The third-order valence-electron chi connectivity index (χ3n) is 5.37. The van der Waals surface area contributed by atoms with E-state index >= 15 is 0 Å². The summed E-state index contributed by atoms with van der Waals surface area (Å²) < 4.78 is 0. The zero-order valence-corrected chi connectivity index (χ0v) is 15.5. The minimum Gasteiger partial charge on any atom is -0.359 e. The van der Waals surface area contributed by atoms with Crippen LogP contribution >= 0.6 is 11.3 Å². The topological polar surface area (TPSA) is 54.0 Å². The molecule has 25 heavy (non-hydrogen) atoms. The Morgan fingerprint density at radius 2 is 1.96 bits per heavy atom. The SMILES string of the molecule is Cc1nc(NC2CCCCC2)sc1C(=O)NC1CCc2ccccc21. The van der Waals surface area contributed by atoms with Gasteiger partial charge in [-0.3, -0.25) is 4.79 Å². The lowest BCUT2D eigenvalue weighted by Gasteiger charge is -2.22. The summed E-state index contributed by atoms with van der Waals surface area (Å²) in [5.74, 6) is 0.00778. The molecule has 132 valence electrons. The van der Waals surface area contributed by atoms with Crippen molar-refractivity contribution in [1.29, 1.82) is 0 Å². The van der Waals surface area contributed by atoms with Gasteiger partial charge in [-0.1, -0.05) is 54.9 Å². The average Bonchev–Trinajstić information content (AvgIpc) is 3.20. The Labute approximate surface area is 153 Å². The lowest BCUT2D eigenvalue weighted by atomic mass is 9.96. The summed E-state index contributed by atoms with van der Waals surface area (Å²) in [6.07, 6.45) is 8.35. The Morgan fingerprint density at radius 1 is 1.16 bits per heavy atom. The van der Waals surface area contributed by atoms with Crippen LogP contribution in [0.25, 0.3) is 0 Å². The normalized spacial score (nSPS) is 20.3. The Kier molecular flexibility index (Phi) is 4.75. The molecule has 2 aliphatic rings. The molecule has 0 radical (unpaired) electrons. The summed E-state index contributed by atoms with van der Waals surface area (Å²) in [6.45, 7) is 1.93. The first-order valence-corrected chi connectivity index (χ1v) is 10.1. The molecule has 4 nitrogen and oxygen atoms in total. The molecule has 5 heteroatoms. The number of benzene rings is 1. The highest BCUT2D eigenvalue weighted by Crippen LogP contribution is 2.32. The van der Waals surface area contributed by atoms with Gasteiger partial charge < -0.3 is 10.6 Å². The third-order valence-corrected chi connectivity index (χ3v) is 6.46. The number of fused-ring (bicyclic) bond motifs is 1. The molecule has 1 saturated carbocycles. The van der Waals surface area contributed by atoms with Gasteiger partial charge in [0.2, 0.25) is 0 Å². The molecule has 4 rings (SSSR count). The van der Waals surface area contributed by atoms with Gasteiger partial charge in [0.15, 0.2) is 5.13 Å². The quantitative estimate of drug-likeness (QED) is 0.842. The lowest BCUT2D eigenvalue weighted by molar-refractivity contribution is 0.0940. The van der Waals surface area contributed by atoms with E-state index in [1.807, 2.05) is 13.0 Å². The van der Waals surface area contributed by atoms with Gasteiger partial charge in [-0.05, 0) is 43.7 Å². The second-order valence-electron chi connectivity index (χ2n) is 7.18. The van der Waals surface area contributed by atoms with Crippen molar-refractivity contribution < 1.29 is 4.79 Å². The number of rotatable bonds is 4. The van der Waals surface area contributed by atoms with E-state index in [0.29, 0.717) is 6.04 Å². The molecule has 1 atom stereocenters. The first-order chi connectivity index (χ1) is 12.2. The van der Waals surface area contributed by atoms with Gasteiger partial charge in [0.25, 0.3) is 5.91 Å². The lowest BCUT2D eigenvalue weighted by Crippen LogP contribution is -2.26. The van der Waals surface area contributed by atoms with Crippen molar-refractivity contribution >= 4 is 22.4 Å². The number of hydrogen-bond donors (Lipinski definition) is 2. The summed E-state index contributed by atoms with van der Waals surface area (Å²) >= 11 is 1.49. The minimum absolute atomic E-state index is 0.00778. The molecule has 2 aromatic rings. The van der Waals surface area contributed by atoms with E-state index in [1.165, 1.54) is 54.6 Å². The smallest absolute Gasteiger partial charge is 0.263 e. The van der Waals surface area contributed by atoms with Crippen LogP contribution < -0.4 is 10.6 Å². The van der Waals surface area contributed by atoms with Crippen LogP contribution in [0.2, 0.25) is 0 Å². The van der Waals surface area contributed by atoms with Crippen molar-refractivity contribution in [3.05, 3.63) is 46.0 Å². The van der Waals surface area contributed by atoms with E-state index in [1.54, 1.807) is 0 Å². The number of aromatic nitrogens is 1. The second kappa shape index (κ2) is 7.16. The molecule has 1 fully saturated rings. The fourth-order valence-electron chi connectivity index (χ4n) is 4.02. The van der Waals surface area contributed by atoms with Crippen LogP contribution in [0.15, 0.2) is 24.3 Å². The maximum absolute atomic E-state index is 12.8. The fraction of sp³-hybridized carbons (Fsp3) is 0.500. The first-order valence-electron chi connectivity index (χ1n) is 9.33. The third kappa shape index (κ3) is 3.56. The average molecular weight is 356 g/mol. The molecular weight excluding hydrogens is 330 g/mol. The Balaban J connectivity index is 1.44. The zero-order chi connectivity index (χ0) is 17.2. The monoisotopic (exact) mass is 355 g/mol. The van der Waals surface area contributed by atoms with Crippen LogP contribution in [-0.4, -0.2) is 16.9 Å². The maximum Gasteiger partial charge on any atom is 0.263 e. The van der Waals surface area contributed by atoms with Gasteiger partial charge >= 0.3 is 0 Å². The molecule has 2 N–H and O–H groups in total. The second-order valence-corrected chi connectivity index (χ2v) is 8.18. The predicted molar refractivity (Wildman–Crippen MR) is 102 cm³/mol. The van der Waals surface area contributed by atoms with Crippen molar-refractivity contribution in [3.63, 3.8) is 0 Å². The molecule has 1 unspecified atom stereocenters. The highest BCUT2D eigenvalue weighted by atomic mass is 32.1. The van der Waals surface area contributed by atoms with E-state index in [9.17, 15) is 4.79 Å². The van der Waals surface area contributed by atoms with Gasteiger partial charge in [-0.2, -0.15) is 0 Å². The van der Waals surface area contributed by atoms with Crippen LogP contribution in [0.4, 0.5) is 5.13 Å². The van der Waals surface area contributed by atoms with Crippen molar-refractivity contribution in [1.82, 2.24) is 10.3 Å². The van der Waals surface area contributed by atoms with Gasteiger partial charge in [-0.15, -0.1) is 0 Å². The number of carbonyl (C=O) groups is 1. The largest absolute Gasteiger partial charge is 0.359 e. The highest BCUT2D eigenvalue weighted by Gasteiger charge is 2.26. The number of aryl methyl sites for hydroxylation is 2. The summed E-state index contributed by atoms with van der Waals surface area (Å²) in [4.78, 5) is 18.1. The molecule has 0 bridgehead atoms. The van der Waals surface area contributed by atoms with Crippen LogP contribution in [0.3, 0.4) is 0 Å². The summed E-state index contributed by atoms with van der Waals surface area (Å²) in [6, 6.07) is 9.04. The van der Waals surface area contributed by atoms with Gasteiger partial charge in [0.05, 0.1) is 11.7 Å². The van der Waals surface area contributed by atoms with Crippen molar-refractivity contribution in [3.8, 4) is 0 Å². The van der Waals surface area contributed by atoms with Crippen molar-refractivity contribution in [2.75, 3.05) is 5.32 Å². The number of nitrogens with zero attached hydrogens (tertiary/aromatic N) is 1. The van der Waals surface area contributed by atoms with Crippen LogP contribution in [0, 0.1) is 6.92 Å². The van der Waals surface area contributed by atoms with E-state index in [0.717, 1.165) is 28.5 Å². The fourth-order valence-corrected chi connectivity index (χ4v) is 4.97. The molecular formula is C20H25N3OS. The molecule has 0 saturated heterocycles. The van der Waals surface area contributed by atoms with Crippen molar-refractivity contribution in [2.45, 2.75) is 64.0 Å². The van der Waals surface area contributed by atoms with Crippen LogP contribution in [0.1, 0.15) is 71.1 Å². The van der Waals surface area contributed by atoms with E-state index < -0.39 is 0 Å². The minimum atomic E-state index is 0.00778. The summed E-state index contributed by atoms with van der Waals surface area (Å²) in [5, 5.41) is 7.64. The van der Waals surface area contributed by atoms with E-state index in [4.69, 9.17) is 0 Å². The van der Waals surface area contributed by atoms with E-state index in [2.05, 4.69) is 33.8 Å². The highest BCUT2D eigenvalue weighted by molar-refractivity contribution is 7.17. The number of thiazole rings is 1. The Morgan fingerprint density at radius 3 is 2.80 bits per heavy atom. The molecule has 2 aliphatic carbocycles. The van der Waals surface area contributed by atoms with Gasteiger partial charge in [0.1, 0.15) is 4.88 Å². The van der Waals surface area contributed by atoms with Crippen molar-refractivity contribution in [2.24, 2.45) is 0 Å². The molecule has 1 aromatic heterocycles. The number of amides is 1. The van der Waals surface area contributed by atoms with Crippen LogP contribution in [-0.2, 0) is 6.42 Å². The summed E-state index contributed by atoms with van der Waals surface area (Å²) in [5.41, 5.74) is 3.44. The van der Waals surface area contributed by atoms with Crippen LogP contribution in [0.5, 0.6) is 0 Å². The Bertz CT molecular complexity index is 764. The number of carbonyl (C=O) groups excluding carboxylic acids is 1. The zero-order valence-electron chi connectivity index (χ0n) is 14.7. The molecule has 0 spiro atoms. The molecule has 0 aliphatic heterocycles. The molecule has 1 heterocycles. The van der Waals surface area contributed by atoms with Gasteiger partial charge in [0, 0.05) is 6.04 Å². The van der Waals surface area contributed by atoms with E-state index in [-0.39, 0.29) is 11.9 Å². The predicted octanol–water partition coefficient (Wildman–Crippen LogP) is 4.61. The standard InChI is InChI=1S/C20H25N3OS/c1-13-18(25-20(21-13)22-15-8-3-2-4-9-15)19(24)23-17-12-11-14-7-5-6-10-16(14)17/h5-7,10,15,17H,2-4,8-9,11-12H2,1H3,(H,21,22)(H,23,24). The summed E-state index contributed by atoms with van der Waals surface area (Å²) in [7, 11) is 0. The number of hydrogen-bond acceptors (Lipinski definition) is 4. The molecule has 1 amide bonds.